The largest absolute Gasteiger partial charge is 0.391 e. The topological polar surface area (TPSA) is 66.4 Å². The van der Waals surface area contributed by atoms with Gasteiger partial charge in [-0.1, -0.05) is 20.8 Å². The van der Waals surface area contributed by atoms with Gasteiger partial charge in [-0.05, 0) is 36.6 Å². The number of sulfone groups is 1. The zero-order chi connectivity index (χ0) is 14.5. The molecule has 0 fully saturated rings. The molecule has 0 bridgehead atoms. The Morgan fingerprint density at radius 2 is 1.79 bits per heavy atom. The van der Waals surface area contributed by atoms with Gasteiger partial charge in [-0.25, -0.2) is 8.42 Å². The van der Waals surface area contributed by atoms with Gasteiger partial charge in [0.05, 0.1) is 16.8 Å². The molecule has 4 nitrogen and oxygen atoms in total. The molecule has 0 radical (unpaired) electrons. The van der Waals surface area contributed by atoms with Crippen LogP contribution in [0.5, 0.6) is 0 Å². The van der Waals surface area contributed by atoms with Crippen molar-refractivity contribution in [2.75, 3.05) is 17.6 Å². The molecule has 19 heavy (non-hydrogen) atoms. The summed E-state index contributed by atoms with van der Waals surface area (Å²) in [6.07, 6.45) is 0.356. The molecular formula is C14H23NO3S. The van der Waals surface area contributed by atoms with Gasteiger partial charge >= 0.3 is 0 Å². The molecule has 108 valence electrons. The first kappa shape index (κ1) is 16.0. The van der Waals surface area contributed by atoms with Crippen molar-refractivity contribution in [2.45, 2.75) is 38.2 Å². The van der Waals surface area contributed by atoms with Crippen LogP contribution in [0.3, 0.4) is 0 Å². The second-order valence-electron chi connectivity index (χ2n) is 5.09. The van der Waals surface area contributed by atoms with Crippen LogP contribution in [0.2, 0.25) is 0 Å². The second-order valence-corrected chi connectivity index (χ2v) is 7.37. The van der Waals surface area contributed by atoms with Crippen LogP contribution in [0.1, 0.15) is 27.2 Å². The third-order valence-electron chi connectivity index (χ3n) is 2.88. The van der Waals surface area contributed by atoms with Crippen LogP contribution in [0.15, 0.2) is 29.2 Å². The molecule has 0 saturated carbocycles. The van der Waals surface area contributed by atoms with E-state index in [0.717, 1.165) is 12.1 Å². The number of nitrogens with one attached hydrogen (secondary N) is 1. The minimum absolute atomic E-state index is 0.104. The Balaban J connectivity index is 2.58. The van der Waals surface area contributed by atoms with Crippen LogP contribution in [-0.2, 0) is 9.84 Å². The molecule has 5 heteroatoms. The maximum atomic E-state index is 11.6. The highest BCUT2D eigenvalue weighted by molar-refractivity contribution is 7.91. The molecule has 0 aliphatic heterocycles. The van der Waals surface area contributed by atoms with Gasteiger partial charge < -0.3 is 10.4 Å². The van der Waals surface area contributed by atoms with Crippen LogP contribution < -0.4 is 5.32 Å². The third-order valence-corrected chi connectivity index (χ3v) is 4.63. The van der Waals surface area contributed by atoms with E-state index in [9.17, 15) is 13.5 Å². The van der Waals surface area contributed by atoms with Crippen molar-refractivity contribution < 1.29 is 13.5 Å². The van der Waals surface area contributed by atoms with Crippen molar-refractivity contribution in [3.63, 3.8) is 0 Å². The van der Waals surface area contributed by atoms with Gasteiger partial charge in [0.15, 0.2) is 9.84 Å². The summed E-state index contributed by atoms with van der Waals surface area (Å²) in [5, 5.41) is 12.8. The van der Waals surface area contributed by atoms with Gasteiger partial charge in [-0.3, -0.25) is 0 Å². The van der Waals surface area contributed by atoms with Gasteiger partial charge in [0.25, 0.3) is 0 Å². The number of aliphatic hydroxyl groups is 1. The molecule has 0 saturated heterocycles. The molecule has 0 heterocycles. The van der Waals surface area contributed by atoms with Crippen molar-refractivity contribution >= 4 is 15.5 Å². The van der Waals surface area contributed by atoms with E-state index < -0.39 is 9.84 Å². The van der Waals surface area contributed by atoms with Crippen molar-refractivity contribution in [2.24, 2.45) is 5.92 Å². The molecule has 0 spiro atoms. The summed E-state index contributed by atoms with van der Waals surface area (Å²) >= 11 is 0. The molecule has 1 aromatic carbocycles. The average molecular weight is 285 g/mol. The first-order valence-corrected chi connectivity index (χ1v) is 8.25. The van der Waals surface area contributed by atoms with Crippen molar-refractivity contribution in [3.05, 3.63) is 24.3 Å². The molecule has 0 aliphatic rings. The van der Waals surface area contributed by atoms with Crippen LogP contribution in [0.25, 0.3) is 0 Å². The Hall–Kier alpha value is -1.07. The zero-order valence-corrected chi connectivity index (χ0v) is 12.6. The third kappa shape index (κ3) is 5.20. The molecule has 1 rings (SSSR count). The highest BCUT2D eigenvalue weighted by Crippen LogP contribution is 2.15. The first-order valence-electron chi connectivity index (χ1n) is 6.60. The summed E-state index contributed by atoms with van der Waals surface area (Å²) in [6, 6.07) is 6.64. The minimum Gasteiger partial charge on any atom is -0.391 e. The number of rotatable bonds is 7. The van der Waals surface area contributed by atoms with Crippen LogP contribution in [-0.4, -0.2) is 31.9 Å². The Morgan fingerprint density at radius 1 is 1.21 bits per heavy atom. The highest BCUT2D eigenvalue weighted by atomic mass is 32.2. The summed E-state index contributed by atoms with van der Waals surface area (Å²) in [4.78, 5) is 0.336. The normalized spacial score (nSPS) is 13.5. The van der Waals surface area contributed by atoms with E-state index in [1.54, 1.807) is 31.2 Å². The fourth-order valence-electron chi connectivity index (χ4n) is 1.81. The lowest BCUT2D eigenvalue weighted by Gasteiger charge is -2.14. The molecule has 0 aliphatic carbocycles. The fraction of sp³-hybridized carbons (Fsp3) is 0.571. The van der Waals surface area contributed by atoms with Gasteiger partial charge in [0.2, 0.25) is 0 Å². The SMILES string of the molecule is CCS(=O)(=O)c1ccc(NCC(O)CC(C)C)cc1. The van der Waals surface area contributed by atoms with Crippen LogP contribution in [0, 0.1) is 5.92 Å². The van der Waals surface area contributed by atoms with Crippen molar-refractivity contribution in [1.29, 1.82) is 0 Å². The second kappa shape index (κ2) is 6.91. The number of anilines is 1. The quantitative estimate of drug-likeness (QED) is 0.806. The van der Waals surface area contributed by atoms with E-state index in [1.165, 1.54) is 0 Å². The summed E-state index contributed by atoms with van der Waals surface area (Å²) in [6.45, 7) is 6.23. The Kier molecular flexibility index (Phi) is 5.82. The average Bonchev–Trinajstić information content (AvgIpc) is 2.36. The summed E-state index contributed by atoms with van der Waals surface area (Å²) < 4.78 is 23.3. The maximum absolute atomic E-state index is 11.6. The first-order chi connectivity index (χ1) is 8.85. The molecule has 1 unspecified atom stereocenters. The Labute approximate surface area is 115 Å². The van der Waals surface area contributed by atoms with E-state index in [2.05, 4.69) is 19.2 Å². The Bertz CT molecular complexity index is 480. The van der Waals surface area contributed by atoms with E-state index in [1.807, 2.05) is 0 Å². The molecule has 1 atom stereocenters. The minimum atomic E-state index is -3.14. The predicted molar refractivity (Wildman–Crippen MR) is 78.1 cm³/mol. The molecule has 0 amide bonds. The summed E-state index contributed by atoms with van der Waals surface area (Å²) in [5.41, 5.74) is 0.817. The van der Waals surface area contributed by atoms with Crippen molar-refractivity contribution in [3.8, 4) is 0 Å². The highest BCUT2D eigenvalue weighted by Gasteiger charge is 2.11. The summed E-state index contributed by atoms with van der Waals surface area (Å²) in [5.74, 6) is 0.557. The number of hydrogen-bond donors (Lipinski definition) is 2. The zero-order valence-electron chi connectivity index (χ0n) is 11.8. The smallest absolute Gasteiger partial charge is 0.178 e. The van der Waals surface area contributed by atoms with Gasteiger partial charge in [0, 0.05) is 12.2 Å². The lowest BCUT2D eigenvalue weighted by Crippen LogP contribution is -2.21. The van der Waals surface area contributed by atoms with Crippen molar-refractivity contribution in [1.82, 2.24) is 0 Å². The molecular weight excluding hydrogens is 262 g/mol. The lowest BCUT2D eigenvalue weighted by molar-refractivity contribution is 0.161. The van der Waals surface area contributed by atoms with Gasteiger partial charge in [0.1, 0.15) is 0 Å². The standard InChI is InChI=1S/C14H23NO3S/c1-4-19(17,18)14-7-5-12(6-8-14)15-10-13(16)9-11(2)3/h5-8,11,13,15-16H,4,9-10H2,1-3H3. The molecule has 0 aromatic heterocycles. The summed E-state index contributed by atoms with van der Waals surface area (Å²) in [7, 11) is -3.14. The fourth-order valence-corrected chi connectivity index (χ4v) is 2.69. The van der Waals surface area contributed by atoms with E-state index in [-0.39, 0.29) is 11.9 Å². The van der Waals surface area contributed by atoms with E-state index in [0.29, 0.717) is 17.4 Å². The maximum Gasteiger partial charge on any atom is 0.178 e. The van der Waals surface area contributed by atoms with Crippen LogP contribution >= 0.6 is 0 Å². The molecule has 2 N–H and O–H groups in total. The van der Waals surface area contributed by atoms with Gasteiger partial charge in [-0.2, -0.15) is 0 Å². The number of hydrogen-bond acceptors (Lipinski definition) is 4. The van der Waals surface area contributed by atoms with E-state index in [4.69, 9.17) is 0 Å². The lowest BCUT2D eigenvalue weighted by atomic mass is 10.1. The molecule has 1 aromatic rings. The predicted octanol–water partition coefficient (Wildman–Crippen LogP) is 2.30. The number of aliphatic hydroxyl groups excluding tert-OH is 1. The van der Waals surface area contributed by atoms with Gasteiger partial charge in [-0.15, -0.1) is 0 Å². The van der Waals surface area contributed by atoms with Crippen LogP contribution in [0.4, 0.5) is 5.69 Å². The Morgan fingerprint density at radius 3 is 2.26 bits per heavy atom. The number of benzene rings is 1. The monoisotopic (exact) mass is 285 g/mol. The van der Waals surface area contributed by atoms with E-state index >= 15 is 0 Å².